The molecule has 0 radical (unpaired) electrons. The van der Waals surface area contributed by atoms with Gasteiger partial charge in [0.05, 0.1) is 6.04 Å². The van der Waals surface area contributed by atoms with Gasteiger partial charge < -0.3 is 4.90 Å². The second-order valence-corrected chi connectivity index (χ2v) is 4.75. The Morgan fingerprint density at radius 2 is 1.80 bits per heavy atom. The number of Topliss-reactive ketones (excluding diaryl/α,β-unsaturated/α-hetero) is 1. The average molecular weight is 209 g/mol. The van der Waals surface area contributed by atoms with Gasteiger partial charge in [-0.1, -0.05) is 12.8 Å². The molecule has 0 aromatic heterocycles. The van der Waals surface area contributed by atoms with E-state index in [-0.39, 0.29) is 17.9 Å². The molecule has 1 saturated carbocycles. The van der Waals surface area contributed by atoms with Gasteiger partial charge in [0, 0.05) is 19.4 Å². The number of rotatable bonds is 2. The van der Waals surface area contributed by atoms with E-state index in [0.29, 0.717) is 5.78 Å². The number of ketones is 1. The Morgan fingerprint density at radius 3 is 2.40 bits per heavy atom. The summed E-state index contributed by atoms with van der Waals surface area (Å²) < 4.78 is 0. The minimum Gasteiger partial charge on any atom is -0.333 e. The maximum Gasteiger partial charge on any atom is 0.220 e. The van der Waals surface area contributed by atoms with Crippen LogP contribution in [0.25, 0.3) is 0 Å². The van der Waals surface area contributed by atoms with Gasteiger partial charge in [-0.2, -0.15) is 0 Å². The average Bonchev–Trinajstić information content (AvgIpc) is 3.03. The van der Waals surface area contributed by atoms with Crippen LogP contribution in [0.1, 0.15) is 45.4 Å². The van der Waals surface area contributed by atoms with Crippen molar-refractivity contribution >= 4 is 11.7 Å². The molecular weight excluding hydrogens is 190 g/mol. The second-order valence-electron chi connectivity index (χ2n) is 4.75. The summed E-state index contributed by atoms with van der Waals surface area (Å²) in [5, 5.41) is 0. The van der Waals surface area contributed by atoms with Gasteiger partial charge in [0.25, 0.3) is 0 Å². The standard InChI is InChI=1S/C12H19NO2/c1-9(14)13-8-4-2-3-5-11(13)12(15)10-6-7-10/h10-11H,2-8H2,1H3. The normalized spacial score (nSPS) is 27.3. The van der Waals surface area contributed by atoms with Gasteiger partial charge in [0.1, 0.15) is 0 Å². The van der Waals surface area contributed by atoms with E-state index in [0.717, 1.165) is 45.1 Å². The lowest BCUT2D eigenvalue weighted by atomic mass is 10.0. The van der Waals surface area contributed by atoms with Crippen molar-refractivity contribution in [1.29, 1.82) is 0 Å². The van der Waals surface area contributed by atoms with Crippen LogP contribution in [0.5, 0.6) is 0 Å². The fourth-order valence-electron chi connectivity index (χ4n) is 2.42. The van der Waals surface area contributed by atoms with E-state index in [2.05, 4.69) is 0 Å². The molecule has 1 heterocycles. The fourth-order valence-corrected chi connectivity index (χ4v) is 2.42. The van der Waals surface area contributed by atoms with E-state index in [1.165, 1.54) is 0 Å². The molecule has 0 N–H and O–H groups in total. The van der Waals surface area contributed by atoms with Gasteiger partial charge >= 0.3 is 0 Å². The number of likely N-dealkylation sites (tertiary alicyclic amines) is 1. The highest BCUT2D eigenvalue weighted by Crippen LogP contribution is 2.33. The molecule has 2 aliphatic rings. The van der Waals surface area contributed by atoms with Crippen LogP contribution in [-0.4, -0.2) is 29.2 Å². The van der Waals surface area contributed by atoms with E-state index in [1.807, 2.05) is 0 Å². The quantitative estimate of drug-likeness (QED) is 0.695. The molecule has 1 atom stereocenters. The van der Waals surface area contributed by atoms with Crippen molar-refractivity contribution in [2.75, 3.05) is 6.54 Å². The number of hydrogen-bond donors (Lipinski definition) is 0. The predicted octanol–water partition coefficient (Wildman–Crippen LogP) is 1.76. The van der Waals surface area contributed by atoms with Gasteiger partial charge in [-0.05, 0) is 25.7 Å². The largest absolute Gasteiger partial charge is 0.333 e. The molecule has 2 fully saturated rings. The van der Waals surface area contributed by atoms with Crippen LogP contribution >= 0.6 is 0 Å². The van der Waals surface area contributed by atoms with Gasteiger partial charge in [0.15, 0.2) is 5.78 Å². The predicted molar refractivity (Wildman–Crippen MR) is 57.4 cm³/mol. The minimum atomic E-state index is -0.0995. The molecular formula is C12H19NO2. The van der Waals surface area contributed by atoms with E-state index >= 15 is 0 Å². The number of nitrogens with zero attached hydrogens (tertiary/aromatic N) is 1. The lowest BCUT2D eigenvalue weighted by molar-refractivity contribution is -0.138. The van der Waals surface area contributed by atoms with Crippen LogP contribution in [-0.2, 0) is 9.59 Å². The maximum absolute atomic E-state index is 12.0. The van der Waals surface area contributed by atoms with Crippen molar-refractivity contribution in [1.82, 2.24) is 4.90 Å². The highest BCUT2D eigenvalue weighted by atomic mass is 16.2. The van der Waals surface area contributed by atoms with Crippen molar-refractivity contribution in [2.24, 2.45) is 5.92 Å². The van der Waals surface area contributed by atoms with Crippen molar-refractivity contribution in [3.8, 4) is 0 Å². The molecule has 15 heavy (non-hydrogen) atoms. The van der Waals surface area contributed by atoms with Crippen molar-refractivity contribution < 1.29 is 9.59 Å². The second kappa shape index (κ2) is 4.33. The molecule has 0 bridgehead atoms. The SMILES string of the molecule is CC(=O)N1CCCCCC1C(=O)C1CC1. The summed E-state index contributed by atoms with van der Waals surface area (Å²) in [7, 11) is 0. The van der Waals surface area contributed by atoms with E-state index in [9.17, 15) is 9.59 Å². The van der Waals surface area contributed by atoms with Crippen molar-refractivity contribution in [3.05, 3.63) is 0 Å². The fraction of sp³-hybridized carbons (Fsp3) is 0.833. The lowest BCUT2D eigenvalue weighted by Gasteiger charge is -2.27. The molecule has 0 aromatic rings. The Bertz CT molecular complexity index is 271. The summed E-state index contributed by atoms with van der Waals surface area (Å²) in [4.78, 5) is 25.3. The van der Waals surface area contributed by atoms with Crippen molar-refractivity contribution in [3.63, 3.8) is 0 Å². The van der Waals surface area contributed by atoms with E-state index < -0.39 is 0 Å². The third kappa shape index (κ3) is 2.39. The first-order valence-electron chi connectivity index (χ1n) is 6.01. The summed E-state index contributed by atoms with van der Waals surface area (Å²) in [5.74, 6) is 0.665. The molecule has 84 valence electrons. The summed E-state index contributed by atoms with van der Waals surface area (Å²) >= 11 is 0. The first kappa shape index (κ1) is 10.7. The van der Waals surface area contributed by atoms with Gasteiger partial charge in [0.2, 0.25) is 5.91 Å². The smallest absolute Gasteiger partial charge is 0.220 e. The van der Waals surface area contributed by atoms with Crippen molar-refractivity contribution in [2.45, 2.75) is 51.5 Å². The molecule has 1 saturated heterocycles. The van der Waals surface area contributed by atoms with E-state index in [1.54, 1.807) is 11.8 Å². The number of carbonyl (C=O) groups excluding carboxylic acids is 2. The van der Waals surface area contributed by atoms with Gasteiger partial charge in [-0.3, -0.25) is 9.59 Å². The highest BCUT2D eigenvalue weighted by molar-refractivity contribution is 5.91. The monoisotopic (exact) mass is 209 g/mol. The number of carbonyl (C=O) groups is 2. The van der Waals surface area contributed by atoms with Crippen LogP contribution in [0, 0.1) is 5.92 Å². The van der Waals surface area contributed by atoms with Crippen LogP contribution in [0.15, 0.2) is 0 Å². The number of amides is 1. The first-order valence-corrected chi connectivity index (χ1v) is 6.01. The van der Waals surface area contributed by atoms with Gasteiger partial charge in [-0.25, -0.2) is 0 Å². The lowest BCUT2D eigenvalue weighted by Crippen LogP contribution is -2.44. The summed E-state index contributed by atoms with van der Waals surface area (Å²) in [6.45, 7) is 2.36. The minimum absolute atomic E-state index is 0.0656. The third-order valence-corrected chi connectivity index (χ3v) is 3.47. The zero-order chi connectivity index (χ0) is 10.8. The van der Waals surface area contributed by atoms with Crippen LogP contribution in [0.3, 0.4) is 0 Å². The molecule has 1 unspecified atom stereocenters. The zero-order valence-electron chi connectivity index (χ0n) is 9.37. The Morgan fingerprint density at radius 1 is 1.07 bits per heavy atom. The third-order valence-electron chi connectivity index (χ3n) is 3.47. The molecule has 0 aromatic carbocycles. The van der Waals surface area contributed by atoms with Gasteiger partial charge in [-0.15, -0.1) is 0 Å². The first-order chi connectivity index (χ1) is 7.20. The zero-order valence-corrected chi connectivity index (χ0v) is 9.37. The van der Waals surface area contributed by atoms with Crippen LogP contribution < -0.4 is 0 Å². The van der Waals surface area contributed by atoms with Crippen LogP contribution in [0.4, 0.5) is 0 Å². The van der Waals surface area contributed by atoms with Crippen LogP contribution in [0.2, 0.25) is 0 Å². The number of hydrogen-bond acceptors (Lipinski definition) is 2. The Kier molecular flexibility index (Phi) is 3.08. The topological polar surface area (TPSA) is 37.4 Å². The molecule has 0 spiro atoms. The molecule has 2 rings (SSSR count). The Hall–Kier alpha value is -0.860. The molecule has 1 aliphatic carbocycles. The summed E-state index contributed by atoms with van der Waals surface area (Å²) in [5.41, 5.74) is 0. The molecule has 1 aliphatic heterocycles. The summed E-state index contributed by atoms with van der Waals surface area (Å²) in [6, 6.07) is -0.0995. The van der Waals surface area contributed by atoms with E-state index in [4.69, 9.17) is 0 Å². The molecule has 3 nitrogen and oxygen atoms in total. The maximum atomic E-state index is 12.0. The summed E-state index contributed by atoms with van der Waals surface area (Å²) in [6.07, 6.45) is 6.26. The molecule has 1 amide bonds. The Labute approximate surface area is 90.8 Å². The Balaban J connectivity index is 2.08. The highest BCUT2D eigenvalue weighted by Gasteiger charge is 2.38. The molecule has 3 heteroatoms.